The van der Waals surface area contributed by atoms with E-state index in [0.717, 1.165) is 6.33 Å². The molecule has 0 aliphatic carbocycles. The Bertz CT molecular complexity index is 1240. The van der Waals surface area contributed by atoms with E-state index in [2.05, 4.69) is 28.3 Å². The third-order valence-corrected chi connectivity index (χ3v) is 8.30. The summed E-state index contributed by atoms with van der Waals surface area (Å²) in [5, 5.41) is 59.1. The van der Waals surface area contributed by atoms with Crippen LogP contribution >= 0.6 is 15.6 Å². The average molecular weight is 589 g/mol. The lowest BCUT2D eigenvalue weighted by atomic mass is 10.00. The fourth-order valence-corrected chi connectivity index (χ4v) is 5.83. The van der Waals surface area contributed by atoms with Gasteiger partial charge in [0.15, 0.2) is 24.0 Å². The third-order valence-electron chi connectivity index (χ3n) is 5.70. The predicted octanol–water partition coefficient (Wildman–Crippen LogP) is -3.92. The van der Waals surface area contributed by atoms with E-state index < -0.39 is 84.1 Å². The van der Waals surface area contributed by atoms with Crippen molar-refractivity contribution in [2.75, 3.05) is 18.9 Å². The number of fused-ring (bicyclic) bond motifs is 1. The maximum atomic E-state index is 12.2. The molecule has 4 heterocycles. The molecule has 2 saturated heterocycles. The number of nitrogens with zero attached hydrogens (tertiary/aromatic N) is 4. The molecule has 10 N–H and O–H groups in total. The standard InChI is InChI=1S/C16H25N5O15P2/c17-13-7-14(19-3-18-13)21(4-20-7)15-11(25)9(23)5(34-15)1-32-37(28,29)36-38(30,31)33-2-6-8(22)10(24)12(26)16(27)35-6/h3-6,8-12,15-16,22-27H,1-2H2,(H,28,29)(H,30,31)(H2,17,18,19)/t5-,6-,8-,9-,10+,11-,12-,15-,16-/m1/s1. The van der Waals surface area contributed by atoms with Crippen LogP contribution < -0.4 is 5.73 Å². The Kier molecular flexibility index (Phi) is 8.51. The topological polar surface area (TPSA) is 312 Å². The van der Waals surface area contributed by atoms with Crippen LogP contribution in [-0.4, -0.2) is 122 Å². The summed E-state index contributed by atoms with van der Waals surface area (Å²) < 4.78 is 49.0. The molecule has 0 spiro atoms. The first-order chi connectivity index (χ1) is 17.7. The fourth-order valence-electron chi connectivity index (χ4n) is 3.73. The zero-order valence-corrected chi connectivity index (χ0v) is 20.7. The van der Waals surface area contributed by atoms with E-state index >= 15 is 0 Å². The summed E-state index contributed by atoms with van der Waals surface area (Å²) in [7, 11) is -10.7. The molecule has 4 rings (SSSR count). The van der Waals surface area contributed by atoms with Crippen LogP contribution in [0.5, 0.6) is 0 Å². The van der Waals surface area contributed by atoms with Gasteiger partial charge in [0.2, 0.25) is 0 Å². The largest absolute Gasteiger partial charge is 0.481 e. The Morgan fingerprint density at radius 2 is 1.42 bits per heavy atom. The Morgan fingerprint density at radius 3 is 2.05 bits per heavy atom. The van der Waals surface area contributed by atoms with Gasteiger partial charge in [-0.1, -0.05) is 0 Å². The van der Waals surface area contributed by atoms with Gasteiger partial charge >= 0.3 is 15.6 Å². The number of aliphatic hydroxyl groups is 6. The SMILES string of the molecule is Nc1ncnc2c1ncn2[C@@H]1O[C@H](COP(=O)(O)OP(=O)(O)OC[C@H]2O[C@@H](O)[C@H](O)[C@@H](O)[C@@H]2O)[C@@H](O)[C@H]1O. The fraction of sp³-hybridized carbons (Fsp3) is 0.688. The molecular weight excluding hydrogens is 564 g/mol. The highest BCUT2D eigenvalue weighted by Gasteiger charge is 2.47. The maximum Gasteiger partial charge on any atom is 0.481 e. The van der Waals surface area contributed by atoms with Crippen molar-refractivity contribution >= 4 is 32.6 Å². The number of ether oxygens (including phenoxy) is 2. The summed E-state index contributed by atoms with van der Waals surface area (Å²) >= 11 is 0. The Labute approximate surface area is 212 Å². The number of hydrogen-bond acceptors (Lipinski definition) is 17. The van der Waals surface area contributed by atoms with Crippen LogP contribution in [0.25, 0.3) is 11.2 Å². The first-order valence-corrected chi connectivity index (χ1v) is 13.7. The van der Waals surface area contributed by atoms with Crippen LogP contribution in [0, 0.1) is 0 Å². The molecule has 2 unspecified atom stereocenters. The minimum Gasteiger partial charge on any atom is -0.387 e. The van der Waals surface area contributed by atoms with Crippen molar-refractivity contribution in [2.24, 2.45) is 0 Å². The van der Waals surface area contributed by atoms with E-state index in [-0.39, 0.29) is 17.0 Å². The molecule has 20 nitrogen and oxygen atoms in total. The number of aliphatic hydroxyl groups excluding tert-OH is 6. The molecule has 2 aromatic rings. The molecule has 2 aliphatic heterocycles. The number of phosphoric acid groups is 2. The van der Waals surface area contributed by atoms with Gasteiger partial charge in [-0.3, -0.25) is 13.6 Å². The van der Waals surface area contributed by atoms with Gasteiger partial charge in [0.25, 0.3) is 0 Å². The number of phosphoric ester groups is 2. The van der Waals surface area contributed by atoms with Crippen LogP contribution in [-0.2, 0) is 32.0 Å². The monoisotopic (exact) mass is 589 g/mol. The molecule has 2 fully saturated rings. The van der Waals surface area contributed by atoms with Gasteiger partial charge in [0.05, 0.1) is 19.5 Å². The maximum absolute atomic E-state index is 12.2. The summed E-state index contributed by atoms with van der Waals surface area (Å²) in [6.45, 7) is -1.94. The molecule has 2 aliphatic rings. The summed E-state index contributed by atoms with van der Waals surface area (Å²) in [5.74, 6) is 0.0465. The van der Waals surface area contributed by atoms with Crippen molar-refractivity contribution < 1.29 is 72.4 Å². The Hall–Kier alpha value is -1.71. The molecule has 0 bridgehead atoms. The number of nitrogens with two attached hydrogens (primary N) is 1. The third kappa shape index (κ3) is 6.04. The van der Waals surface area contributed by atoms with Crippen molar-refractivity contribution in [3.8, 4) is 0 Å². The molecule has 0 radical (unpaired) electrons. The molecule has 38 heavy (non-hydrogen) atoms. The molecule has 2 aromatic heterocycles. The summed E-state index contributed by atoms with van der Waals surface area (Å²) in [5.41, 5.74) is 6.06. The lowest BCUT2D eigenvalue weighted by Gasteiger charge is -2.38. The lowest BCUT2D eigenvalue weighted by Crippen LogP contribution is -2.58. The van der Waals surface area contributed by atoms with Gasteiger partial charge in [-0.15, -0.1) is 0 Å². The number of hydrogen-bond donors (Lipinski definition) is 9. The van der Waals surface area contributed by atoms with Crippen LogP contribution in [0.1, 0.15) is 6.23 Å². The molecule has 0 saturated carbocycles. The van der Waals surface area contributed by atoms with E-state index in [1.807, 2.05) is 0 Å². The quantitative estimate of drug-likeness (QED) is 0.126. The predicted molar refractivity (Wildman–Crippen MR) is 117 cm³/mol. The summed E-state index contributed by atoms with van der Waals surface area (Å²) in [4.78, 5) is 31.4. The first kappa shape index (κ1) is 29.3. The zero-order valence-electron chi connectivity index (χ0n) is 19.0. The van der Waals surface area contributed by atoms with Gasteiger partial charge < -0.3 is 55.6 Å². The molecule has 11 atom stereocenters. The highest BCUT2D eigenvalue weighted by Crippen LogP contribution is 2.60. The van der Waals surface area contributed by atoms with Gasteiger partial charge in [0, 0.05) is 0 Å². The first-order valence-electron chi connectivity index (χ1n) is 10.7. The van der Waals surface area contributed by atoms with Crippen LogP contribution in [0.3, 0.4) is 0 Å². The number of anilines is 1. The Morgan fingerprint density at radius 1 is 0.842 bits per heavy atom. The molecular formula is C16H25N5O15P2. The van der Waals surface area contributed by atoms with E-state index in [1.165, 1.54) is 10.9 Å². The average Bonchev–Trinajstić information content (AvgIpc) is 3.39. The van der Waals surface area contributed by atoms with Gasteiger partial charge in [0.1, 0.15) is 54.6 Å². The molecule has 0 aromatic carbocycles. The van der Waals surface area contributed by atoms with Crippen molar-refractivity contribution in [1.29, 1.82) is 0 Å². The smallest absolute Gasteiger partial charge is 0.387 e. The molecule has 0 amide bonds. The second-order valence-corrected chi connectivity index (χ2v) is 11.3. The second kappa shape index (κ2) is 11.0. The minimum atomic E-state index is -5.38. The summed E-state index contributed by atoms with van der Waals surface area (Å²) in [6, 6.07) is 0. The van der Waals surface area contributed by atoms with E-state index in [1.54, 1.807) is 0 Å². The zero-order chi connectivity index (χ0) is 28.0. The van der Waals surface area contributed by atoms with Crippen LogP contribution in [0.2, 0.25) is 0 Å². The second-order valence-electron chi connectivity index (χ2n) is 8.28. The van der Waals surface area contributed by atoms with Gasteiger partial charge in [-0.05, 0) is 0 Å². The van der Waals surface area contributed by atoms with Crippen LogP contribution in [0.4, 0.5) is 5.82 Å². The normalized spacial score (nSPS) is 37.2. The van der Waals surface area contributed by atoms with Gasteiger partial charge in [-0.25, -0.2) is 24.1 Å². The van der Waals surface area contributed by atoms with E-state index in [4.69, 9.17) is 15.2 Å². The van der Waals surface area contributed by atoms with Crippen molar-refractivity contribution in [3.63, 3.8) is 0 Å². The van der Waals surface area contributed by atoms with Crippen molar-refractivity contribution in [1.82, 2.24) is 19.5 Å². The summed E-state index contributed by atoms with van der Waals surface area (Å²) in [6.07, 6.45) is -12.8. The minimum absolute atomic E-state index is 0.0465. The highest BCUT2D eigenvalue weighted by atomic mass is 31.3. The van der Waals surface area contributed by atoms with E-state index in [0.29, 0.717) is 0 Å². The number of nitrogen functional groups attached to an aromatic ring is 1. The molecule has 214 valence electrons. The number of aromatic nitrogens is 4. The number of rotatable bonds is 9. The van der Waals surface area contributed by atoms with Crippen molar-refractivity contribution in [2.45, 2.75) is 55.2 Å². The van der Waals surface area contributed by atoms with E-state index in [9.17, 15) is 49.6 Å². The molecule has 22 heteroatoms. The van der Waals surface area contributed by atoms with Gasteiger partial charge in [-0.2, -0.15) is 4.31 Å². The number of imidazole rings is 1. The lowest BCUT2D eigenvalue weighted by molar-refractivity contribution is -0.285. The van der Waals surface area contributed by atoms with Crippen molar-refractivity contribution in [3.05, 3.63) is 12.7 Å². The highest BCUT2D eigenvalue weighted by molar-refractivity contribution is 7.61. The van der Waals surface area contributed by atoms with Crippen LogP contribution in [0.15, 0.2) is 12.7 Å². The Balaban J connectivity index is 1.33.